The highest BCUT2D eigenvalue weighted by Gasteiger charge is 2.27. The second-order valence-corrected chi connectivity index (χ2v) is 5.59. The maximum Gasteiger partial charge on any atom is 0.328 e. The molecule has 1 rings (SSSR count). The maximum atomic E-state index is 11.1. The molecule has 0 aliphatic rings. The van der Waals surface area contributed by atoms with E-state index < -0.39 is 11.5 Å². The van der Waals surface area contributed by atoms with Crippen molar-refractivity contribution in [2.24, 2.45) is 5.92 Å². The molecular formula is C13H22N4O2. The van der Waals surface area contributed by atoms with E-state index in [1.807, 2.05) is 11.9 Å². The second-order valence-electron chi connectivity index (χ2n) is 5.59. The number of nitrogens with one attached hydrogen (secondary N) is 1. The molecule has 0 radical (unpaired) electrons. The predicted molar refractivity (Wildman–Crippen MR) is 75.5 cm³/mol. The fourth-order valence-corrected chi connectivity index (χ4v) is 1.64. The Bertz CT molecular complexity index is 446. The zero-order chi connectivity index (χ0) is 14.6. The predicted octanol–water partition coefficient (Wildman–Crippen LogP) is 1.84. The molecule has 0 saturated carbocycles. The third kappa shape index (κ3) is 4.39. The highest BCUT2D eigenvalue weighted by atomic mass is 16.4. The maximum absolute atomic E-state index is 11.1. The molecular weight excluding hydrogens is 244 g/mol. The van der Waals surface area contributed by atoms with Crippen LogP contribution in [0.3, 0.4) is 0 Å². The highest BCUT2D eigenvalue weighted by molar-refractivity contribution is 5.81. The van der Waals surface area contributed by atoms with Crippen molar-refractivity contribution in [3.63, 3.8) is 0 Å². The molecule has 0 amide bonds. The highest BCUT2D eigenvalue weighted by Crippen LogP contribution is 2.17. The van der Waals surface area contributed by atoms with Gasteiger partial charge in [-0.15, -0.1) is 0 Å². The van der Waals surface area contributed by atoms with Crippen molar-refractivity contribution in [1.82, 2.24) is 9.97 Å². The van der Waals surface area contributed by atoms with Crippen LogP contribution < -0.4 is 10.2 Å². The van der Waals surface area contributed by atoms with E-state index in [1.165, 1.54) is 6.33 Å². The standard InChI is InChI=1S/C13H22N4O2/c1-9(2)7-17(5)11-6-10(14-8-15-11)16-13(3,4)12(18)19/h6,8-9H,7H2,1-5H3,(H,18,19)(H,14,15,16). The molecule has 1 aromatic heterocycles. The Balaban J connectivity index is 2.86. The van der Waals surface area contributed by atoms with Crippen molar-refractivity contribution < 1.29 is 9.90 Å². The first-order chi connectivity index (χ1) is 8.72. The van der Waals surface area contributed by atoms with Gasteiger partial charge in [-0.05, 0) is 19.8 Å². The summed E-state index contributed by atoms with van der Waals surface area (Å²) in [6.45, 7) is 8.32. The molecule has 19 heavy (non-hydrogen) atoms. The molecule has 0 atom stereocenters. The minimum absolute atomic E-state index is 0.507. The molecule has 0 bridgehead atoms. The summed E-state index contributed by atoms with van der Waals surface area (Å²) >= 11 is 0. The summed E-state index contributed by atoms with van der Waals surface area (Å²) in [6.07, 6.45) is 1.44. The summed E-state index contributed by atoms with van der Waals surface area (Å²) in [4.78, 5) is 21.3. The molecule has 2 N–H and O–H groups in total. The van der Waals surface area contributed by atoms with Crippen molar-refractivity contribution >= 4 is 17.6 Å². The van der Waals surface area contributed by atoms with Gasteiger partial charge in [0.1, 0.15) is 23.5 Å². The zero-order valence-electron chi connectivity index (χ0n) is 12.1. The number of carboxylic acids is 1. The van der Waals surface area contributed by atoms with Gasteiger partial charge in [0.05, 0.1) is 0 Å². The summed E-state index contributed by atoms with van der Waals surface area (Å²) in [5.41, 5.74) is -1.07. The Kier molecular flexibility index (Phi) is 4.69. The van der Waals surface area contributed by atoms with Crippen LogP contribution >= 0.6 is 0 Å². The van der Waals surface area contributed by atoms with E-state index in [1.54, 1.807) is 19.9 Å². The van der Waals surface area contributed by atoms with E-state index in [2.05, 4.69) is 29.1 Å². The average molecular weight is 266 g/mol. The molecule has 0 fully saturated rings. The van der Waals surface area contributed by atoms with Gasteiger partial charge in [-0.1, -0.05) is 13.8 Å². The van der Waals surface area contributed by atoms with Crippen LogP contribution in [0.4, 0.5) is 11.6 Å². The number of nitrogens with zero attached hydrogens (tertiary/aromatic N) is 3. The smallest absolute Gasteiger partial charge is 0.328 e. The van der Waals surface area contributed by atoms with Crippen LogP contribution in [-0.2, 0) is 4.79 Å². The van der Waals surface area contributed by atoms with Crippen LogP contribution in [-0.4, -0.2) is 40.2 Å². The number of aromatic nitrogens is 2. The van der Waals surface area contributed by atoms with Gasteiger partial charge in [0.15, 0.2) is 0 Å². The van der Waals surface area contributed by atoms with Gasteiger partial charge in [0.25, 0.3) is 0 Å². The van der Waals surface area contributed by atoms with Gasteiger partial charge < -0.3 is 15.3 Å². The topological polar surface area (TPSA) is 78.4 Å². The van der Waals surface area contributed by atoms with Crippen molar-refractivity contribution in [3.05, 3.63) is 12.4 Å². The van der Waals surface area contributed by atoms with Crippen LogP contribution in [0.2, 0.25) is 0 Å². The van der Waals surface area contributed by atoms with E-state index in [-0.39, 0.29) is 0 Å². The number of hydrogen-bond acceptors (Lipinski definition) is 5. The minimum atomic E-state index is -1.07. The summed E-state index contributed by atoms with van der Waals surface area (Å²) in [7, 11) is 1.95. The third-order valence-electron chi connectivity index (χ3n) is 2.66. The van der Waals surface area contributed by atoms with Crippen molar-refractivity contribution in [3.8, 4) is 0 Å². The monoisotopic (exact) mass is 266 g/mol. The van der Waals surface area contributed by atoms with Gasteiger partial charge in [-0.3, -0.25) is 0 Å². The molecule has 0 aliphatic heterocycles. The van der Waals surface area contributed by atoms with Crippen molar-refractivity contribution in [1.29, 1.82) is 0 Å². The number of carbonyl (C=O) groups is 1. The summed E-state index contributed by atoms with van der Waals surface area (Å²) in [5, 5.41) is 12.0. The lowest BCUT2D eigenvalue weighted by atomic mass is 10.1. The second kappa shape index (κ2) is 5.86. The Hall–Kier alpha value is -1.85. The number of aliphatic carboxylic acids is 1. The van der Waals surface area contributed by atoms with Gasteiger partial charge in [0.2, 0.25) is 0 Å². The fourth-order valence-electron chi connectivity index (χ4n) is 1.64. The Morgan fingerprint density at radius 3 is 2.63 bits per heavy atom. The number of rotatable bonds is 6. The fraction of sp³-hybridized carbons (Fsp3) is 0.615. The largest absolute Gasteiger partial charge is 0.480 e. The molecule has 1 heterocycles. The quantitative estimate of drug-likeness (QED) is 0.818. The molecule has 0 saturated heterocycles. The van der Waals surface area contributed by atoms with E-state index in [4.69, 9.17) is 5.11 Å². The lowest BCUT2D eigenvalue weighted by Crippen LogP contribution is -2.40. The van der Waals surface area contributed by atoms with Gasteiger partial charge in [0, 0.05) is 19.7 Å². The van der Waals surface area contributed by atoms with Crippen LogP contribution in [0.15, 0.2) is 12.4 Å². The zero-order valence-corrected chi connectivity index (χ0v) is 12.1. The first-order valence-corrected chi connectivity index (χ1v) is 6.27. The van der Waals surface area contributed by atoms with Crippen LogP contribution in [0.1, 0.15) is 27.7 Å². The Labute approximate surface area is 113 Å². The molecule has 0 aromatic carbocycles. The molecule has 0 aliphatic carbocycles. The SMILES string of the molecule is CC(C)CN(C)c1cc(NC(C)(C)C(=O)O)ncn1. The number of anilines is 2. The first-order valence-electron chi connectivity index (χ1n) is 6.27. The minimum Gasteiger partial charge on any atom is -0.480 e. The van der Waals surface area contributed by atoms with Crippen LogP contribution in [0.25, 0.3) is 0 Å². The van der Waals surface area contributed by atoms with E-state index in [9.17, 15) is 4.79 Å². The van der Waals surface area contributed by atoms with Crippen LogP contribution in [0, 0.1) is 5.92 Å². The van der Waals surface area contributed by atoms with E-state index in [0.717, 1.165) is 12.4 Å². The normalized spacial score (nSPS) is 11.5. The lowest BCUT2D eigenvalue weighted by molar-refractivity contribution is -0.141. The molecule has 0 spiro atoms. The first kappa shape index (κ1) is 15.2. The molecule has 6 nitrogen and oxygen atoms in total. The van der Waals surface area contributed by atoms with E-state index in [0.29, 0.717) is 11.7 Å². The average Bonchev–Trinajstić information content (AvgIpc) is 2.27. The third-order valence-corrected chi connectivity index (χ3v) is 2.66. The summed E-state index contributed by atoms with van der Waals surface area (Å²) in [6, 6.07) is 1.76. The van der Waals surface area contributed by atoms with E-state index >= 15 is 0 Å². The Morgan fingerprint density at radius 1 is 1.47 bits per heavy atom. The summed E-state index contributed by atoms with van der Waals surface area (Å²) in [5.74, 6) is 0.871. The Morgan fingerprint density at radius 2 is 2.11 bits per heavy atom. The number of hydrogen-bond donors (Lipinski definition) is 2. The van der Waals surface area contributed by atoms with Gasteiger partial charge in [-0.2, -0.15) is 0 Å². The molecule has 0 unspecified atom stereocenters. The molecule has 1 aromatic rings. The summed E-state index contributed by atoms with van der Waals surface area (Å²) < 4.78 is 0. The van der Waals surface area contributed by atoms with Crippen molar-refractivity contribution in [2.75, 3.05) is 23.8 Å². The lowest BCUT2D eigenvalue weighted by Gasteiger charge is -2.24. The van der Waals surface area contributed by atoms with Crippen molar-refractivity contribution in [2.45, 2.75) is 33.2 Å². The molecule has 6 heteroatoms. The van der Waals surface area contributed by atoms with Crippen LogP contribution in [0.5, 0.6) is 0 Å². The number of carboxylic acid groups (broad SMARTS) is 1. The van der Waals surface area contributed by atoms with Gasteiger partial charge in [-0.25, -0.2) is 14.8 Å². The van der Waals surface area contributed by atoms with Gasteiger partial charge >= 0.3 is 5.97 Å². The molecule has 106 valence electrons.